The summed E-state index contributed by atoms with van der Waals surface area (Å²) in [6, 6.07) is 8.40. The Labute approximate surface area is 108 Å². The second-order valence-electron chi connectivity index (χ2n) is 5.37. The van der Waals surface area contributed by atoms with Gasteiger partial charge in [-0.3, -0.25) is 0 Å². The molecule has 98 valence electrons. The van der Waals surface area contributed by atoms with Crippen LogP contribution in [0, 0.1) is 5.92 Å². The number of benzene rings is 1. The Morgan fingerprint density at radius 1 is 1.17 bits per heavy atom. The summed E-state index contributed by atoms with van der Waals surface area (Å²) < 4.78 is 11.2. The third-order valence-electron chi connectivity index (χ3n) is 3.84. The maximum Gasteiger partial charge on any atom is 0.120 e. The van der Waals surface area contributed by atoms with Crippen molar-refractivity contribution in [1.82, 2.24) is 0 Å². The van der Waals surface area contributed by atoms with Crippen molar-refractivity contribution in [1.29, 1.82) is 0 Å². The number of hydrogen-bond donors (Lipinski definition) is 1. The summed E-state index contributed by atoms with van der Waals surface area (Å²) in [5.74, 6) is 1.51. The van der Waals surface area contributed by atoms with Gasteiger partial charge in [0.1, 0.15) is 5.75 Å². The summed E-state index contributed by atoms with van der Waals surface area (Å²) in [5.41, 5.74) is 7.57. The zero-order valence-corrected chi connectivity index (χ0v) is 10.7. The maximum atomic E-state index is 6.37. The number of rotatable bonds is 4. The minimum Gasteiger partial charge on any atom is -0.490 e. The highest BCUT2D eigenvalue weighted by Crippen LogP contribution is 2.32. The summed E-state index contributed by atoms with van der Waals surface area (Å²) in [6.07, 6.45) is 4.95. The second kappa shape index (κ2) is 5.29. The van der Waals surface area contributed by atoms with E-state index < -0.39 is 0 Å². The fourth-order valence-electron chi connectivity index (χ4n) is 2.52. The molecule has 2 aliphatic rings. The Bertz CT molecular complexity index is 397. The topological polar surface area (TPSA) is 44.5 Å². The van der Waals surface area contributed by atoms with Crippen LogP contribution in [0.1, 0.15) is 37.3 Å². The molecule has 2 N–H and O–H groups in total. The number of ether oxygens (including phenoxy) is 2. The monoisotopic (exact) mass is 247 g/mol. The van der Waals surface area contributed by atoms with Gasteiger partial charge in [-0.15, -0.1) is 0 Å². The van der Waals surface area contributed by atoms with Crippen LogP contribution in [0.25, 0.3) is 0 Å². The number of nitrogens with two attached hydrogens (primary N) is 1. The van der Waals surface area contributed by atoms with Gasteiger partial charge in [-0.2, -0.15) is 0 Å². The second-order valence-corrected chi connectivity index (χ2v) is 5.37. The molecule has 18 heavy (non-hydrogen) atoms. The molecule has 1 aliphatic heterocycles. The third kappa shape index (κ3) is 2.85. The lowest BCUT2D eigenvalue weighted by molar-refractivity contribution is 0.0583. The van der Waals surface area contributed by atoms with Crippen molar-refractivity contribution in [3.63, 3.8) is 0 Å². The van der Waals surface area contributed by atoms with E-state index in [0.717, 1.165) is 31.8 Å². The van der Waals surface area contributed by atoms with E-state index in [0.29, 0.717) is 12.0 Å². The lowest BCUT2D eigenvalue weighted by Gasteiger charge is -2.28. The van der Waals surface area contributed by atoms with E-state index in [-0.39, 0.29) is 6.04 Å². The largest absolute Gasteiger partial charge is 0.490 e. The third-order valence-corrected chi connectivity index (χ3v) is 3.84. The fraction of sp³-hybridized carbons (Fsp3) is 0.600. The van der Waals surface area contributed by atoms with Crippen LogP contribution in [0.4, 0.5) is 0 Å². The first kappa shape index (κ1) is 12.0. The van der Waals surface area contributed by atoms with Gasteiger partial charge in [-0.05, 0) is 49.3 Å². The molecule has 1 aliphatic carbocycles. The smallest absolute Gasteiger partial charge is 0.120 e. The highest BCUT2D eigenvalue weighted by molar-refractivity contribution is 5.31. The Kier molecular flexibility index (Phi) is 3.52. The van der Waals surface area contributed by atoms with E-state index in [1.165, 1.54) is 18.4 Å². The van der Waals surface area contributed by atoms with Gasteiger partial charge in [-0.25, -0.2) is 0 Å². The van der Waals surface area contributed by atoms with Crippen molar-refractivity contribution in [2.45, 2.75) is 37.8 Å². The zero-order valence-electron chi connectivity index (χ0n) is 10.7. The normalized spacial score (nSPS) is 22.7. The van der Waals surface area contributed by atoms with Crippen LogP contribution >= 0.6 is 0 Å². The molecular weight excluding hydrogens is 226 g/mol. The van der Waals surface area contributed by atoms with E-state index in [2.05, 4.69) is 12.1 Å². The van der Waals surface area contributed by atoms with Crippen molar-refractivity contribution in [3.05, 3.63) is 29.8 Å². The Morgan fingerprint density at radius 3 is 2.67 bits per heavy atom. The molecule has 3 nitrogen and oxygen atoms in total. The van der Waals surface area contributed by atoms with E-state index >= 15 is 0 Å². The van der Waals surface area contributed by atoms with Crippen LogP contribution in [0.5, 0.6) is 5.75 Å². The van der Waals surface area contributed by atoms with Crippen LogP contribution in [0.15, 0.2) is 24.3 Å². The first-order valence-electron chi connectivity index (χ1n) is 6.93. The molecule has 0 spiro atoms. The zero-order chi connectivity index (χ0) is 12.4. The summed E-state index contributed by atoms with van der Waals surface area (Å²) in [6.45, 7) is 1.69. The van der Waals surface area contributed by atoms with Gasteiger partial charge in [0.25, 0.3) is 0 Å². The van der Waals surface area contributed by atoms with Crippen molar-refractivity contribution in [2.24, 2.45) is 11.7 Å². The summed E-state index contributed by atoms with van der Waals surface area (Å²) in [4.78, 5) is 0. The predicted molar refractivity (Wildman–Crippen MR) is 70.6 cm³/mol. The van der Waals surface area contributed by atoms with Gasteiger partial charge in [0, 0.05) is 19.3 Å². The van der Waals surface area contributed by atoms with E-state index in [1.807, 2.05) is 12.1 Å². The van der Waals surface area contributed by atoms with Crippen LogP contribution in [0.3, 0.4) is 0 Å². The summed E-state index contributed by atoms with van der Waals surface area (Å²) >= 11 is 0. The lowest BCUT2D eigenvalue weighted by atomic mass is 9.88. The molecule has 1 saturated heterocycles. The minimum absolute atomic E-state index is 0.108. The summed E-state index contributed by atoms with van der Waals surface area (Å²) in [5, 5.41) is 0. The Morgan fingerprint density at radius 2 is 1.94 bits per heavy atom. The van der Waals surface area contributed by atoms with Gasteiger partial charge >= 0.3 is 0 Å². The SMILES string of the molecule is NC(c1cccc(OC2CC2)c1)C1CCOCC1. The van der Waals surface area contributed by atoms with Crippen molar-refractivity contribution < 1.29 is 9.47 Å². The average Bonchev–Trinajstić information content (AvgIpc) is 3.23. The van der Waals surface area contributed by atoms with Crippen LogP contribution < -0.4 is 10.5 Å². The molecule has 1 atom stereocenters. The first-order valence-corrected chi connectivity index (χ1v) is 6.93. The maximum absolute atomic E-state index is 6.37. The molecule has 3 heteroatoms. The van der Waals surface area contributed by atoms with Gasteiger partial charge in [0.05, 0.1) is 6.10 Å². The average molecular weight is 247 g/mol. The van der Waals surface area contributed by atoms with Crippen LogP contribution in [-0.2, 0) is 4.74 Å². The molecule has 1 aromatic rings. The Hall–Kier alpha value is -1.06. The van der Waals surface area contributed by atoms with Crippen LogP contribution in [-0.4, -0.2) is 19.3 Å². The molecular formula is C15H21NO2. The van der Waals surface area contributed by atoms with E-state index in [9.17, 15) is 0 Å². The standard InChI is InChI=1S/C15H21NO2/c16-15(11-6-8-17-9-7-11)12-2-1-3-14(10-12)18-13-4-5-13/h1-3,10-11,13,15H,4-9,16H2. The molecule has 0 amide bonds. The molecule has 1 saturated carbocycles. The molecule has 3 rings (SSSR count). The predicted octanol–water partition coefficient (Wildman–Crippen LogP) is 2.65. The molecule has 1 unspecified atom stereocenters. The van der Waals surface area contributed by atoms with Crippen molar-refractivity contribution in [2.75, 3.05) is 13.2 Å². The van der Waals surface area contributed by atoms with Crippen molar-refractivity contribution >= 4 is 0 Å². The van der Waals surface area contributed by atoms with Gasteiger partial charge in [-0.1, -0.05) is 12.1 Å². The fourth-order valence-corrected chi connectivity index (χ4v) is 2.52. The molecule has 1 aromatic carbocycles. The van der Waals surface area contributed by atoms with E-state index in [4.69, 9.17) is 15.2 Å². The molecule has 2 fully saturated rings. The molecule has 1 heterocycles. The van der Waals surface area contributed by atoms with Crippen molar-refractivity contribution in [3.8, 4) is 5.75 Å². The molecule has 0 aromatic heterocycles. The van der Waals surface area contributed by atoms with E-state index in [1.54, 1.807) is 0 Å². The van der Waals surface area contributed by atoms with Crippen LogP contribution in [0.2, 0.25) is 0 Å². The van der Waals surface area contributed by atoms with Gasteiger partial charge < -0.3 is 15.2 Å². The quantitative estimate of drug-likeness (QED) is 0.889. The first-order chi connectivity index (χ1) is 8.83. The highest BCUT2D eigenvalue weighted by atomic mass is 16.5. The summed E-state index contributed by atoms with van der Waals surface area (Å²) in [7, 11) is 0. The minimum atomic E-state index is 0.108. The van der Waals surface area contributed by atoms with Gasteiger partial charge in [0.15, 0.2) is 0 Å². The lowest BCUT2D eigenvalue weighted by Crippen LogP contribution is -2.27. The number of hydrogen-bond acceptors (Lipinski definition) is 3. The highest BCUT2D eigenvalue weighted by Gasteiger charge is 2.25. The Balaban J connectivity index is 1.69. The molecule has 0 bridgehead atoms. The van der Waals surface area contributed by atoms with Gasteiger partial charge in [0.2, 0.25) is 0 Å². The molecule has 0 radical (unpaired) electrons.